The van der Waals surface area contributed by atoms with Gasteiger partial charge in [0.2, 0.25) is 0 Å². The quantitative estimate of drug-likeness (QED) is 0.827. The van der Waals surface area contributed by atoms with Crippen molar-refractivity contribution >= 4 is 50.7 Å². The van der Waals surface area contributed by atoms with Crippen molar-refractivity contribution < 1.29 is 8.42 Å². The molecule has 0 atom stereocenters. The Morgan fingerprint density at radius 3 is 2.45 bits per heavy atom. The second-order valence-electron chi connectivity index (χ2n) is 3.88. The predicted molar refractivity (Wildman–Crippen MR) is 85.5 cm³/mol. The third-order valence-electron chi connectivity index (χ3n) is 2.53. The molecule has 3 nitrogen and oxygen atoms in total. The number of rotatable bonds is 4. The minimum atomic E-state index is -3.74. The molecule has 2 rings (SSSR count). The van der Waals surface area contributed by atoms with E-state index < -0.39 is 10.0 Å². The van der Waals surface area contributed by atoms with Crippen LogP contribution in [0.25, 0.3) is 0 Å². The van der Waals surface area contributed by atoms with E-state index in [1.165, 1.54) is 17.8 Å². The van der Waals surface area contributed by atoms with Crippen molar-refractivity contribution in [1.82, 2.24) is 0 Å². The number of hydrogen-bond acceptors (Lipinski definition) is 3. The first kappa shape index (κ1) is 15.5. The van der Waals surface area contributed by atoms with E-state index in [1.54, 1.807) is 42.7 Å². The van der Waals surface area contributed by atoms with E-state index in [4.69, 9.17) is 23.2 Å². The lowest BCUT2D eigenvalue weighted by Crippen LogP contribution is -2.14. The highest BCUT2D eigenvalue weighted by atomic mass is 35.5. The minimum absolute atomic E-state index is 0.136. The summed E-state index contributed by atoms with van der Waals surface area (Å²) in [7, 11) is -3.74. The maximum Gasteiger partial charge on any atom is 0.263 e. The van der Waals surface area contributed by atoms with Crippen molar-refractivity contribution in [1.29, 1.82) is 0 Å². The summed E-state index contributed by atoms with van der Waals surface area (Å²) in [5.41, 5.74) is 0.334. The fourth-order valence-electron chi connectivity index (χ4n) is 1.60. The molecule has 1 N–H and O–H groups in total. The molecule has 20 heavy (non-hydrogen) atoms. The summed E-state index contributed by atoms with van der Waals surface area (Å²) < 4.78 is 27.4. The molecule has 0 heterocycles. The molecule has 0 amide bonds. The first-order valence-corrected chi connectivity index (χ1v) is 9.01. The largest absolute Gasteiger partial charge is 0.278 e. The van der Waals surface area contributed by atoms with Gasteiger partial charge in [-0.25, -0.2) is 8.42 Å². The molecule has 0 aromatic heterocycles. The number of halogens is 2. The SMILES string of the molecule is CSc1ccc(Cl)cc1S(=O)(=O)Nc1ccccc1Cl. The van der Waals surface area contributed by atoms with E-state index in [0.717, 1.165) is 0 Å². The van der Waals surface area contributed by atoms with Crippen LogP contribution < -0.4 is 4.72 Å². The number of benzene rings is 2. The Hall–Kier alpha value is -0.880. The topological polar surface area (TPSA) is 46.2 Å². The monoisotopic (exact) mass is 347 g/mol. The van der Waals surface area contributed by atoms with Crippen molar-refractivity contribution in [2.75, 3.05) is 11.0 Å². The lowest BCUT2D eigenvalue weighted by molar-refractivity contribution is 0.599. The number of sulfonamides is 1. The summed E-state index contributed by atoms with van der Waals surface area (Å²) in [6, 6.07) is 11.4. The van der Waals surface area contributed by atoms with E-state index in [9.17, 15) is 8.42 Å². The number of nitrogens with one attached hydrogen (secondary N) is 1. The van der Waals surface area contributed by atoms with Crippen LogP contribution in [0.1, 0.15) is 0 Å². The van der Waals surface area contributed by atoms with E-state index in [-0.39, 0.29) is 4.90 Å². The van der Waals surface area contributed by atoms with E-state index in [2.05, 4.69) is 4.72 Å². The van der Waals surface area contributed by atoms with Gasteiger partial charge in [-0.2, -0.15) is 0 Å². The molecule has 2 aromatic rings. The first-order valence-electron chi connectivity index (χ1n) is 5.55. The van der Waals surface area contributed by atoms with Crippen molar-refractivity contribution in [3.63, 3.8) is 0 Å². The Balaban J connectivity index is 2.46. The van der Waals surface area contributed by atoms with E-state index in [0.29, 0.717) is 20.6 Å². The average Bonchev–Trinajstić information content (AvgIpc) is 2.41. The summed E-state index contributed by atoms with van der Waals surface area (Å²) in [5.74, 6) is 0. The summed E-state index contributed by atoms with van der Waals surface area (Å²) >= 11 is 13.2. The van der Waals surface area contributed by atoms with Gasteiger partial charge in [-0.3, -0.25) is 4.72 Å². The van der Waals surface area contributed by atoms with Crippen molar-refractivity contribution in [3.8, 4) is 0 Å². The molecule has 0 aliphatic rings. The number of hydrogen-bond donors (Lipinski definition) is 1. The van der Waals surface area contributed by atoms with Gasteiger partial charge in [-0.05, 0) is 36.6 Å². The second-order valence-corrected chi connectivity index (χ2v) is 7.22. The van der Waals surface area contributed by atoms with Crippen molar-refractivity contribution in [3.05, 3.63) is 52.5 Å². The van der Waals surface area contributed by atoms with Crippen LogP contribution >= 0.6 is 35.0 Å². The summed E-state index contributed by atoms with van der Waals surface area (Å²) in [5, 5.41) is 0.700. The molecule has 0 fully saturated rings. The van der Waals surface area contributed by atoms with Crippen molar-refractivity contribution in [2.24, 2.45) is 0 Å². The fourth-order valence-corrected chi connectivity index (χ4v) is 4.32. The Labute approximate surface area is 132 Å². The smallest absolute Gasteiger partial charge is 0.263 e. The number of thioether (sulfide) groups is 1. The summed E-state index contributed by atoms with van der Waals surface area (Å²) in [4.78, 5) is 0.756. The molecule has 2 aromatic carbocycles. The zero-order valence-electron chi connectivity index (χ0n) is 10.4. The van der Waals surface area contributed by atoms with Gasteiger partial charge in [0.05, 0.1) is 10.7 Å². The normalized spacial score (nSPS) is 11.3. The predicted octanol–water partition coefficient (Wildman–Crippen LogP) is 4.52. The molecule has 0 unspecified atom stereocenters. The Kier molecular flexibility index (Phi) is 4.86. The summed E-state index contributed by atoms with van der Waals surface area (Å²) in [6.07, 6.45) is 1.80. The van der Waals surface area contributed by atoms with Gasteiger partial charge in [-0.15, -0.1) is 11.8 Å². The molecule has 0 saturated heterocycles. The highest BCUT2D eigenvalue weighted by Gasteiger charge is 2.20. The second kappa shape index (κ2) is 6.26. The summed E-state index contributed by atoms with van der Waals surface area (Å²) in [6.45, 7) is 0. The molecule has 0 aliphatic carbocycles. The van der Waals surface area contributed by atoms with Gasteiger partial charge in [0.15, 0.2) is 0 Å². The maximum atomic E-state index is 12.4. The van der Waals surface area contributed by atoms with Crippen LogP contribution in [-0.2, 0) is 10.0 Å². The molecule has 7 heteroatoms. The van der Waals surface area contributed by atoms with Gasteiger partial charge in [-0.1, -0.05) is 35.3 Å². The van der Waals surface area contributed by atoms with Crippen LogP contribution in [0.2, 0.25) is 10.0 Å². The standard InChI is InChI=1S/C13H11Cl2NO2S2/c1-19-12-7-6-9(14)8-13(12)20(17,18)16-11-5-3-2-4-10(11)15/h2-8,16H,1H3. The first-order chi connectivity index (χ1) is 9.44. The number of anilines is 1. The lowest BCUT2D eigenvalue weighted by atomic mass is 10.3. The minimum Gasteiger partial charge on any atom is -0.278 e. The molecule has 0 spiro atoms. The third kappa shape index (κ3) is 3.41. The van der Waals surface area contributed by atoms with Crippen LogP contribution in [0.3, 0.4) is 0 Å². The Morgan fingerprint density at radius 2 is 1.80 bits per heavy atom. The highest BCUT2D eigenvalue weighted by molar-refractivity contribution is 7.99. The van der Waals surface area contributed by atoms with Gasteiger partial charge in [0, 0.05) is 9.92 Å². The molecular formula is C13H11Cl2NO2S2. The fraction of sp³-hybridized carbons (Fsp3) is 0.0769. The number of para-hydroxylation sites is 1. The van der Waals surface area contributed by atoms with Gasteiger partial charge >= 0.3 is 0 Å². The van der Waals surface area contributed by atoms with E-state index >= 15 is 0 Å². The van der Waals surface area contributed by atoms with Crippen LogP contribution in [0.15, 0.2) is 52.3 Å². The van der Waals surface area contributed by atoms with Gasteiger partial charge in [0.25, 0.3) is 10.0 Å². The molecule has 0 radical (unpaired) electrons. The highest BCUT2D eigenvalue weighted by Crippen LogP contribution is 2.30. The molecule has 0 bridgehead atoms. The maximum absolute atomic E-state index is 12.4. The molecule has 0 aliphatic heterocycles. The lowest BCUT2D eigenvalue weighted by Gasteiger charge is -2.12. The van der Waals surface area contributed by atoms with E-state index in [1.807, 2.05) is 0 Å². The molecule has 106 valence electrons. The zero-order chi connectivity index (χ0) is 14.8. The molecule has 0 saturated carbocycles. The van der Waals surface area contributed by atoms with Crippen molar-refractivity contribution in [2.45, 2.75) is 9.79 Å². The Morgan fingerprint density at radius 1 is 1.10 bits per heavy atom. The van der Waals surface area contributed by atoms with Crippen LogP contribution in [0.4, 0.5) is 5.69 Å². The third-order valence-corrected chi connectivity index (χ3v) is 5.43. The van der Waals surface area contributed by atoms with Crippen LogP contribution in [0, 0.1) is 0 Å². The van der Waals surface area contributed by atoms with Crippen LogP contribution in [0.5, 0.6) is 0 Å². The molecular weight excluding hydrogens is 337 g/mol. The van der Waals surface area contributed by atoms with Gasteiger partial charge in [0.1, 0.15) is 4.90 Å². The van der Waals surface area contributed by atoms with Gasteiger partial charge < -0.3 is 0 Å². The van der Waals surface area contributed by atoms with Crippen LogP contribution in [-0.4, -0.2) is 14.7 Å². The zero-order valence-corrected chi connectivity index (χ0v) is 13.6. The average molecular weight is 348 g/mol. The Bertz CT molecular complexity index is 733.